The molecule has 2 aromatic rings. The van der Waals surface area contributed by atoms with Gasteiger partial charge in [-0.1, -0.05) is 42.8 Å². The normalized spacial score (nSPS) is 11.2. The fourth-order valence-electron chi connectivity index (χ4n) is 2.28. The first-order valence-corrected chi connectivity index (χ1v) is 8.85. The van der Waals surface area contributed by atoms with Gasteiger partial charge in [0.15, 0.2) is 5.78 Å². The second kappa shape index (κ2) is 9.67. The highest BCUT2D eigenvalue weighted by molar-refractivity contribution is 7.12. The van der Waals surface area contributed by atoms with Crippen LogP contribution in [0.1, 0.15) is 40.9 Å². The summed E-state index contributed by atoms with van der Waals surface area (Å²) in [6.07, 6.45) is 4.23. The van der Waals surface area contributed by atoms with Crippen molar-refractivity contribution in [1.29, 1.82) is 0 Å². The number of aliphatic carboxylic acids is 1. The van der Waals surface area contributed by atoms with Gasteiger partial charge in [0, 0.05) is 24.7 Å². The highest BCUT2D eigenvalue weighted by Crippen LogP contribution is 2.16. The number of nitrogens with one attached hydrogen (secondary N) is 1. The molecule has 0 spiro atoms. The topological polar surface area (TPSA) is 66.4 Å². The Balaban J connectivity index is 1.96. The smallest absolute Gasteiger partial charge is 0.303 e. The van der Waals surface area contributed by atoms with Crippen molar-refractivity contribution in [3.63, 3.8) is 0 Å². The molecule has 2 rings (SSSR count). The molecule has 2 N–H and O–H groups in total. The molecule has 24 heavy (non-hydrogen) atoms. The highest BCUT2D eigenvalue weighted by Gasteiger charge is 2.08. The lowest BCUT2D eigenvalue weighted by Gasteiger charge is -2.11. The van der Waals surface area contributed by atoms with Crippen molar-refractivity contribution in [2.75, 3.05) is 6.54 Å². The maximum Gasteiger partial charge on any atom is 0.303 e. The molecular weight excluding hydrogens is 322 g/mol. The van der Waals surface area contributed by atoms with Crippen LogP contribution in [0.4, 0.5) is 0 Å². The van der Waals surface area contributed by atoms with Crippen LogP contribution in [0.15, 0.2) is 53.9 Å². The fourth-order valence-corrected chi connectivity index (χ4v) is 2.91. The first-order chi connectivity index (χ1) is 11.7. The van der Waals surface area contributed by atoms with Gasteiger partial charge in [0.1, 0.15) is 0 Å². The fraction of sp³-hybridized carbons (Fsp3) is 0.263. The van der Waals surface area contributed by atoms with E-state index in [2.05, 4.69) is 5.32 Å². The lowest BCUT2D eigenvalue weighted by atomic mass is 10.1. The average Bonchev–Trinajstić information content (AvgIpc) is 3.12. The number of carboxylic acids is 1. The third kappa shape index (κ3) is 6.01. The minimum atomic E-state index is -0.755. The molecule has 0 saturated heterocycles. The number of ketones is 1. The van der Waals surface area contributed by atoms with Gasteiger partial charge in [-0.15, -0.1) is 11.3 Å². The molecule has 1 heterocycles. The van der Waals surface area contributed by atoms with E-state index in [9.17, 15) is 9.59 Å². The summed E-state index contributed by atoms with van der Waals surface area (Å²) in [5, 5.41) is 13.8. The molecule has 5 heteroatoms. The van der Waals surface area contributed by atoms with Gasteiger partial charge in [0.25, 0.3) is 0 Å². The summed E-state index contributed by atoms with van der Waals surface area (Å²) < 4.78 is 0. The van der Waals surface area contributed by atoms with Crippen molar-refractivity contribution in [1.82, 2.24) is 5.32 Å². The molecule has 0 aliphatic rings. The molecular formula is C19H21NO3S. The Morgan fingerprint density at radius 1 is 1.04 bits per heavy atom. The van der Waals surface area contributed by atoms with E-state index in [0.717, 1.165) is 24.1 Å². The van der Waals surface area contributed by atoms with Crippen molar-refractivity contribution in [3.8, 4) is 0 Å². The zero-order chi connectivity index (χ0) is 17.2. The Bertz CT molecular complexity index is 678. The van der Waals surface area contributed by atoms with Crippen LogP contribution in [0.3, 0.4) is 0 Å². The summed E-state index contributed by atoms with van der Waals surface area (Å²) in [7, 11) is 0. The van der Waals surface area contributed by atoms with Crippen molar-refractivity contribution in [3.05, 3.63) is 64.4 Å². The van der Waals surface area contributed by atoms with Gasteiger partial charge >= 0.3 is 5.97 Å². The number of hydrogen-bond acceptors (Lipinski definition) is 4. The van der Waals surface area contributed by atoms with Crippen molar-refractivity contribution < 1.29 is 14.7 Å². The zero-order valence-electron chi connectivity index (χ0n) is 13.4. The molecule has 1 aromatic carbocycles. The van der Waals surface area contributed by atoms with Gasteiger partial charge in [-0.3, -0.25) is 9.59 Å². The second-order valence-electron chi connectivity index (χ2n) is 5.40. The Hall–Kier alpha value is -2.40. The monoisotopic (exact) mass is 343 g/mol. The lowest BCUT2D eigenvalue weighted by Crippen LogP contribution is -2.15. The number of benzene rings is 1. The quantitative estimate of drug-likeness (QED) is 0.385. The Morgan fingerprint density at radius 3 is 2.50 bits per heavy atom. The van der Waals surface area contributed by atoms with E-state index in [-0.39, 0.29) is 12.2 Å². The summed E-state index contributed by atoms with van der Waals surface area (Å²) in [6, 6.07) is 13.4. The summed E-state index contributed by atoms with van der Waals surface area (Å²) in [5.74, 6) is -0.767. The van der Waals surface area contributed by atoms with Crippen molar-refractivity contribution in [2.45, 2.75) is 25.7 Å². The van der Waals surface area contributed by atoms with Gasteiger partial charge < -0.3 is 10.4 Å². The third-order valence-electron chi connectivity index (χ3n) is 3.51. The zero-order valence-corrected chi connectivity index (χ0v) is 14.2. The molecule has 0 aliphatic heterocycles. The maximum absolute atomic E-state index is 12.3. The molecule has 0 amide bonds. The summed E-state index contributed by atoms with van der Waals surface area (Å²) in [6.45, 7) is 0.706. The molecule has 0 atom stereocenters. The molecule has 0 fully saturated rings. The Morgan fingerprint density at radius 2 is 1.83 bits per heavy atom. The number of unbranched alkanes of at least 4 members (excludes halogenated alkanes) is 2. The van der Waals surface area contributed by atoms with E-state index in [1.54, 1.807) is 6.08 Å². The van der Waals surface area contributed by atoms with Crippen LogP contribution in [0.2, 0.25) is 0 Å². The van der Waals surface area contributed by atoms with Gasteiger partial charge in [0.05, 0.1) is 4.88 Å². The summed E-state index contributed by atoms with van der Waals surface area (Å²) in [4.78, 5) is 23.5. The summed E-state index contributed by atoms with van der Waals surface area (Å²) in [5.41, 5.74) is 1.76. The van der Waals surface area contributed by atoms with E-state index < -0.39 is 5.97 Å². The average molecular weight is 343 g/mol. The van der Waals surface area contributed by atoms with Crippen LogP contribution in [-0.2, 0) is 4.79 Å². The van der Waals surface area contributed by atoms with E-state index >= 15 is 0 Å². The third-order valence-corrected chi connectivity index (χ3v) is 4.39. The molecule has 1 aromatic heterocycles. The summed E-state index contributed by atoms with van der Waals surface area (Å²) >= 11 is 1.43. The standard InChI is InChI=1S/C19H21NO3S/c21-17(18-10-7-13-24-18)14-16(15-8-3-1-4-9-15)20-12-6-2-5-11-19(22)23/h1,3-4,7-10,13-14,20H,2,5-6,11-12H2,(H,22,23)/b16-14-. The molecule has 0 saturated carbocycles. The number of carboxylic acid groups (broad SMARTS) is 1. The predicted molar refractivity (Wildman–Crippen MR) is 97.2 cm³/mol. The second-order valence-corrected chi connectivity index (χ2v) is 6.34. The van der Waals surface area contributed by atoms with Crippen LogP contribution >= 0.6 is 11.3 Å². The highest BCUT2D eigenvalue weighted by atomic mass is 32.1. The van der Waals surface area contributed by atoms with Gasteiger partial charge in [-0.05, 0) is 29.9 Å². The molecule has 0 bridgehead atoms. The van der Waals surface area contributed by atoms with Crippen molar-refractivity contribution in [2.24, 2.45) is 0 Å². The van der Waals surface area contributed by atoms with Crippen LogP contribution in [0.5, 0.6) is 0 Å². The van der Waals surface area contributed by atoms with Crippen LogP contribution in [0.25, 0.3) is 5.70 Å². The Kier molecular flexibility index (Phi) is 7.23. The molecule has 0 unspecified atom stereocenters. The van der Waals surface area contributed by atoms with Gasteiger partial charge in [-0.2, -0.15) is 0 Å². The first kappa shape index (κ1) is 17.9. The molecule has 0 aliphatic carbocycles. The van der Waals surface area contributed by atoms with E-state index in [0.29, 0.717) is 17.8 Å². The number of carbonyl (C=O) groups excluding carboxylic acids is 1. The van der Waals surface area contributed by atoms with E-state index in [1.807, 2.05) is 47.8 Å². The maximum atomic E-state index is 12.3. The van der Waals surface area contributed by atoms with E-state index in [4.69, 9.17) is 5.11 Å². The van der Waals surface area contributed by atoms with Crippen molar-refractivity contribution >= 4 is 28.8 Å². The predicted octanol–water partition coefficient (Wildman–Crippen LogP) is 4.21. The van der Waals surface area contributed by atoms with Crippen LogP contribution in [-0.4, -0.2) is 23.4 Å². The number of thiophene rings is 1. The number of rotatable bonds is 10. The van der Waals surface area contributed by atoms with Gasteiger partial charge in [-0.25, -0.2) is 0 Å². The minimum absolute atomic E-state index is 0.0118. The molecule has 4 nitrogen and oxygen atoms in total. The van der Waals surface area contributed by atoms with Crippen LogP contribution < -0.4 is 5.32 Å². The van der Waals surface area contributed by atoms with Crippen LogP contribution in [0, 0.1) is 0 Å². The van der Waals surface area contributed by atoms with Gasteiger partial charge in [0.2, 0.25) is 0 Å². The SMILES string of the molecule is O=C(O)CCCCCN/C(=C\C(=O)c1cccs1)c1ccccc1. The number of hydrogen-bond donors (Lipinski definition) is 2. The number of carbonyl (C=O) groups is 2. The molecule has 0 radical (unpaired) electrons. The largest absolute Gasteiger partial charge is 0.481 e. The number of allylic oxidation sites excluding steroid dienone is 1. The Labute approximate surface area is 145 Å². The first-order valence-electron chi connectivity index (χ1n) is 7.97. The molecule has 126 valence electrons. The van der Waals surface area contributed by atoms with E-state index in [1.165, 1.54) is 11.3 Å². The minimum Gasteiger partial charge on any atom is -0.481 e. The lowest BCUT2D eigenvalue weighted by molar-refractivity contribution is -0.137.